The minimum Gasteiger partial charge on any atom is -0.357 e. The minimum atomic E-state index is -0.694. The van der Waals surface area contributed by atoms with Gasteiger partial charge in [-0.2, -0.15) is 5.10 Å². The van der Waals surface area contributed by atoms with Crippen molar-refractivity contribution >= 4 is 16.8 Å². The van der Waals surface area contributed by atoms with Crippen LogP contribution >= 0.6 is 0 Å². The van der Waals surface area contributed by atoms with Crippen molar-refractivity contribution in [3.63, 3.8) is 0 Å². The van der Waals surface area contributed by atoms with E-state index in [1.54, 1.807) is 6.20 Å². The molecule has 1 fully saturated rings. The van der Waals surface area contributed by atoms with Gasteiger partial charge in [-0.1, -0.05) is 13.3 Å². The summed E-state index contributed by atoms with van der Waals surface area (Å²) in [5, 5.41) is 13.9. The second-order valence-electron chi connectivity index (χ2n) is 5.58. The number of aliphatic imine (C=N–C) groups is 1. The van der Waals surface area contributed by atoms with Gasteiger partial charge in [0.05, 0.1) is 12.2 Å². The Kier molecular flexibility index (Phi) is 6.89. The van der Waals surface area contributed by atoms with Gasteiger partial charge in [0.15, 0.2) is 5.96 Å². The van der Waals surface area contributed by atoms with Crippen LogP contribution in [0.5, 0.6) is 0 Å². The normalized spacial score (nSPS) is 24.0. The number of hydrogen-bond acceptors (Lipinski definition) is 3. The monoisotopic (exact) mass is 325 g/mol. The van der Waals surface area contributed by atoms with E-state index in [-0.39, 0.29) is 0 Å². The number of aromatic amines is 1. The van der Waals surface area contributed by atoms with E-state index in [0.717, 1.165) is 49.6 Å². The average molecular weight is 325 g/mol. The fourth-order valence-corrected chi connectivity index (χ4v) is 4.15. The summed E-state index contributed by atoms with van der Waals surface area (Å²) in [6.07, 6.45) is 6.03. The molecule has 0 bridgehead atoms. The second-order valence-corrected chi connectivity index (χ2v) is 7.58. The third kappa shape index (κ3) is 5.12. The van der Waals surface area contributed by atoms with Gasteiger partial charge >= 0.3 is 0 Å². The highest BCUT2D eigenvalue weighted by Gasteiger charge is 2.25. The predicted molar refractivity (Wildman–Crippen MR) is 91.3 cm³/mol. The molecule has 1 aliphatic rings. The van der Waals surface area contributed by atoms with Crippen molar-refractivity contribution < 1.29 is 4.21 Å². The summed E-state index contributed by atoms with van der Waals surface area (Å²) in [7, 11) is -0.694. The highest BCUT2D eigenvalue weighted by atomic mass is 32.2. The van der Waals surface area contributed by atoms with Crippen LogP contribution in [0.3, 0.4) is 0 Å². The summed E-state index contributed by atoms with van der Waals surface area (Å²) in [5.74, 6) is 1.58. The highest BCUT2D eigenvalue weighted by molar-refractivity contribution is 7.85. The van der Waals surface area contributed by atoms with Crippen LogP contribution in [0.15, 0.2) is 17.3 Å². The topological polar surface area (TPSA) is 82.2 Å². The molecule has 0 radical (unpaired) electrons. The van der Waals surface area contributed by atoms with Crippen molar-refractivity contribution in [2.75, 3.05) is 12.3 Å². The van der Waals surface area contributed by atoms with Crippen LogP contribution in [-0.4, -0.2) is 44.0 Å². The number of guanidine groups is 1. The van der Waals surface area contributed by atoms with Crippen molar-refractivity contribution in [3.8, 4) is 0 Å². The average Bonchev–Trinajstić information content (AvgIpc) is 3.06. The van der Waals surface area contributed by atoms with E-state index in [4.69, 9.17) is 0 Å². The van der Waals surface area contributed by atoms with Crippen LogP contribution in [-0.2, 0) is 17.3 Å². The molecule has 1 saturated carbocycles. The van der Waals surface area contributed by atoms with E-state index >= 15 is 0 Å². The Morgan fingerprint density at radius 1 is 1.50 bits per heavy atom. The molecule has 3 atom stereocenters. The first-order chi connectivity index (χ1) is 10.7. The van der Waals surface area contributed by atoms with Gasteiger partial charge in [-0.05, 0) is 32.3 Å². The van der Waals surface area contributed by atoms with Gasteiger partial charge in [0.1, 0.15) is 0 Å². The van der Waals surface area contributed by atoms with Gasteiger partial charge in [-0.25, -0.2) is 4.99 Å². The molecule has 0 amide bonds. The van der Waals surface area contributed by atoms with Gasteiger partial charge in [0, 0.05) is 40.6 Å². The van der Waals surface area contributed by atoms with Crippen molar-refractivity contribution in [2.45, 2.75) is 57.4 Å². The maximum absolute atomic E-state index is 12.0. The van der Waals surface area contributed by atoms with Crippen molar-refractivity contribution in [2.24, 2.45) is 4.99 Å². The first-order valence-corrected chi connectivity index (χ1v) is 9.51. The molecular weight excluding hydrogens is 298 g/mol. The molecule has 7 heteroatoms. The molecule has 3 unspecified atom stereocenters. The fraction of sp³-hybridized carbons (Fsp3) is 0.733. The zero-order valence-corrected chi connectivity index (χ0v) is 14.3. The zero-order valence-electron chi connectivity index (χ0n) is 13.5. The standard InChI is InChI=1S/C15H27N5OS/c1-3-16-15(17-11-13-8-9-18-20-13)19-12-6-5-7-14(10-12)22(21)4-2/h8-9,12,14H,3-7,10-11H2,1-2H3,(H,18,20)(H2,16,17,19). The fourth-order valence-electron chi connectivity index (χ4n) is 2.80. The number of hydrogen-bond donors (Lipinski definition) is 3. The smallest absolute Gasteiger partial charge is 0.191 e. The number of nitrogens with one attached hydrogen (secondary N) is 3. The van der Waals surface area contributed by atoms with Gasteiger partial charge in [-0.15, -0.1) is 0 Å². The lowest BCUT2D eigenvalue weighted by molar-refractivity contribution is 0.413. The molecule has 1 aliphatic carbocycles. The summed E-state index contributed by atoms with van der Waals surface area (Å²) in [6.45, 7) is 5.46. The van der Waals surface area contributed by atoms with E-state index in [9.17, 15) is 4.21 Å². The van der Waals surface area contributed by atoms with Gasteiger partial charge in [0.25, 0.3) is 0 Å². The number of nitrogens with zero attached hydrogens (tertiary/aromatic N) is 2. The molecule has 6 nitrogen and oxygen atoms in total. The van der Waals surface area contributed by atoms with Crippen LogP contribution in [0.1, 0.15) is 45.2 Å². The molecular formula is C15H27N5OS. The molecule has 0 saturated heterocycles. The van der Waals surface area contributed by atoms with Crippen molar-refractivity contribution in [3.05, 3.63) is 18.0 Å². The maximum Gasteiger partial charge on any atom is 0.191 e. The number of rotatable bonds is 6. The molecule has 1 aromatic heterocycles. The molecule has 0 spiro atoms. The summed E-state index contributed by atoms with van der Waals surface area (Å²) >= 11 is 0. The summed E-state index contributed by atoms with van der Waals surface area (Å²) in [6, 6.07) is 2.28. The molecule has 1 aromatic rings. The van der Waals surface area contributed by atoms with E-state index in [0.29, 0.717) is 17.8 Å². The predicted octanol–water partition coefficient (Wildman–Crippen LogP) is 1.54. The molecule has 1 heterocycles. The summed E-state index contributed by atoms with van der Waals surface area (Å²) < 4.78 is 12.0. The number of aromatic nitrogens is 2. The van der Waals surface area contributed by atoms with Gasteiger partial charge in [-0.3, -0.25) is 9.31 Å². The zero-order chi connectivity index (χ0) is 15.8. The van der Waals surface area contributed by atoms with Crippen LogP contribution < -0.4 is 10.6 Å². The van der Waals surface area contributed by atoms with E-state index in [1.807, 2.05) is 13.0 Å². The third-order valence-corrected chi connectivity index (χ3v) is 5.67. The first-order valence-electron chi connectivity index (χ1n) is 8.13. The first kappa shape index (κ1) is 17.0. The Labute approximate surface area is 135 Å². The largest absolute Gasteiger partial charge is 0.357 e. The van der Waals surface area contributed by atoms with Gasteiger partial charge < -0.3 is 10.6 Å². The van der Waals surface area contributed by atoms with E-state index < -0.39 is 10.8 Å². The lowest BCUT2D eigenvalue weighted by Gasteiger charge is -2.30. The summed E-state index contributed by atoms with van der Waals surface area (Å²) in [4.78, 5) is 4.59. The number of H-pyrrole nitrogens is 1. The third-order valence-electron chi connectivity index (χ3n) is 3.93. The highest BCUT2D eigenvalue weighted by Crippen LogP contribution is 2.22. The Bertz CT molecular complexity index is 488. The van der Waals surface area contributed by atoms with Crippen molar-refractivity contribution in [1.82, 2.24) is 20.8 Å². The maximum atomic E-state index is 12.0. The Balaban J connectivity index is 1.92. The molecule has 2 rings (SSSR count). The molecule has 0 aliphatic heterocycles. The lowest BCUT2D eigenvalue weighted by atomic mass is 9.95. The van der Waals surface area contributed by atoms with Crippen LogP contribution in [0.4, 0.5) is 0 Å². The van der Waals surface area contributed by atoms with Gasteiger partial charge in [0.2, 0.25) is 0 Å². The Morgan fingerprint density at radius 2 is 2.36 bits per heavy atom. The Morgan fingerprint density at radius 3 is 3.05 bits per heavy atom. The minimum absolute atomic E-state index is 0.326. The summed E-state index contributed by atoms with van der Waals surface area (Å²) in [5.41, 5.74) is 0.991. The SMILES string of the molecule is CCNC(=NCc1ccn[nH]1)NC1CCCC(S(=O)CC)C1. The van der Waals surface area contributed by atoms with E-state index in [2.05, 4.69) is 32.7 Å². The molecule has 124 valence electrons. The second kappa shape index (κ2) is 8.92. The molecule has 0 aromatic carbocycles. The quantitative estimate of drug-likeness (QED) is 0.547. The van der Waals surface area contributed by atoms with Crippen LogP contribution in [0.2, 0.25) is 0 Å². The van der Waals surface area contributed by atoms with Crippen LogP contribution in [0.25, 0.3) is 0 Å². The molecule has 22 heavy (non-hydrogen) atoms. The van der Waals surface area contributed by atoms with Crippen molar-refractivity contribution in [1.29, 1.82) is 0 Å². The lowest BCUT2D eigenvalue weighted by Crippen LogP contribution is -2.46. The molecule has 3 N–H and O–H groups in total. The van der Waals surface area contributed by atoms with Crippen LogP contribution in [0, 0.1) is 0 Å². The van der Waals surface area contributed by atoms with E-state index in [1.165, 1.54) is 0 Å². The Hall–Kier alpha value is -1.37.